The first-order valence-corrected chi connectivity index (χ1v) is 7.15. The Morgan fingerprint density at radius 1 is 1.27 bits per heavy atom. The summed E-state index contributed by atoms with van der Waals surface area (Å²) in [4.78, 5) is 14.2. The van der Waals surface area contributed by atoms with Gasteiger partial charge in [0.2, 0.25) is 0 Å². The normalized spacial score (nSPS) is 12.2. The Balaban J connectivity index is 2.05. The summed E-state index contributed by atoms with van der Waals surface area (Å²) in [6, 6.07) is 9.71. The molecule has 1 amide bonds. The van der Waals surface area contributed by atoms with E-state index in [2.05, 4.69) is 10.2 Å². The molecular weight excluding hydrogens is 280 g/mol. The predicted molar refractivity (Wildman–Crippen MR) is 85.2 cm³/mol. The lowest BCUT2D eigenvalue weighted by Crippen LogP contribution is -2.34. The van der Waals surface area contributed by atoms with Crippen LogP contribution in [0.2, 0.25) is 0 Å². The summed E-state index contributed by atoms with van der Waals surface area (Å²) >= 11 is 0. The van der Waals surface area contributed by atoms with Crippen LogP contribution >= 0.6 is 0 Å². The van der Waals surface area contributed by atoms with Gasteiger partial charge in [-0.25, -0.2) is 0 Å². The molecule has 1 aromatic carbocycles. The monoisotopic (exact) mass is 302 g/mol. The Labute approximate surface area is 130 Å². The van der Waals surface area contributed by atoms with Crippen molar-refractivity contribution in [1.29, 1.82) is 0 Å². The van der Waals surface area contributed by atoms with Gasteiger partial charge in [-0.2, -0.15) is 0 Å². The molecule has 2 aromatic rings. The molecule has 5 nitrogen and oxygen atoms in total. The maximum atomic E-state index is 12.1. The summed E-state index contributed by atoms with van der Waals surface area (Å²) in [5.74, 6) is 0.992. The molecule has 1 atom stereocenters. The molecular formula is C17H22N2O3. The first-order chi connectivity index (χ1) is 10.5. The Kier molecular flexibility index (Phi) is 5.22. The van der Waals surface area contributed by atoms with E-state index in [1.165, 1.54) is 6.26 Å². The summed E-state index contributed by atoms with van der Waals surface area (Å²) < 4.78 is 10.4. The van der Waals surface area contributed by atoms with Gasteiger partial charge in [0.25, 0.3) is 5.91 Å². The van der Waals surface area contributed by atoms with Crippen LogP contribution in [-0.4, -0.2) is 38.6 Å². The Hall–Kier alpha value is -2.27. The van der Waals surface area contributed by atoms with Crippen LogP contribution in [0.5, 0.6) is 5.75 Å². The average molecular weight is 302 g/mol. The van der Waals surface area contributed by atoms with Crippen molar-refractivity contribution in [2.24, 2.45) is 0 Å². The topological polar surface area (TPSA) is 54.7 Å². The van der Waals surface area contributed by atoms with Crippen molar-refractivity contribution < 1.29 is 13.9 Å². The molecule has 0 saturated heterocycles. The van der Waals surface area contributed by atoms with Crippen molar-refractivity contribution in [1.82, 2.24) is 10.2 Å². The van der Waals surface area contributed by atoms with Crippen LogP contribution in [0.3, 0.4) is 0 Å². The zero-order valence-corrected chi connectivity index (χ0v) is 13.4. The molecule has 0 aliphatic rings. The number of likely N-dealkylation sites (N-methyl/N-ethyl adjacent to an activating group) is 1. The first kappa shape index (κ1) is 16.1. The van der Waals surface area contributed by atoms with Crippen molar-refractivity contribution in [3.8, 4) is 5.75 Å². The van der Waals surface area contributed by atoms with E-state index < -0.39 is 0 Å². The van der Waals surface area contributed by atoms with Crippen molar-refractivity contribution in [2.45, 2.75) is 13.0 Å². The van der Waals surface area contributed by atoms with E-state index >= 15 is 0 Å². The maximum absolute atomic E-state index is 12.1. The Morgan fingerprint density at radius 2 is 1.95 bits per heavy atom. The van der Waals surface area contributed by atoms with Gasteiger partial charge in [-0.15, -0.1) is 0 Å². The molecule has 22 heavy (non-hydrogen) atoms. The van der Waals surface area contributed by atoms with Crippen LogP contribution in [0.1, 0.15) is 27.7 Å². The number of hydrogen-bond acceptors (Lipinski definition) is 4. The molecule has 0 bridgehead atoms. The number of methoxy groups -OCH3 is 1. The van der Waals surface area contributed by atoms with Crippen LogP contribution in [0.25, 0.3) is 0 Å². The number of ether oxygens (including phenoxy) is 1. The molecule has 0 radical (unpaired) electrons. The average Bonchev–Trinajstić information content (AvgIpc) is 2.94. The van der Waals surface area contributed by atoms with E-state index in [1.54, 1.807) is 13.2 Å². The van der Waals surface area contributed by atoms with Gasteiger partial charge in [0, 0.05) is 12.1 Å². The lowest BCUT2D eigenvalue weighted by molar-refractivity contribution is 0.0913. The molecule has 1 aromatic heterocycles. The lowest BCUT2D eigenvalue weighted by atomic mass is 10.1. The number of benzene rings is 1. The molecule has 0 spiro atoms. The second-order valence-corrected chi connectivity index (χ2v) is 5.40. The van der Waals surface area contributed by atoms with Crippen LogP contribution < -0.4 is 10.1 Å². The zero-order valence-electron chi connectivity index (χ0n) is 13.4. The number of nitrogens with one attached hydrogen (secondary N) is 1. The van der Waals surface area contributed by atoms with Gasteiger partial charge in [0.05, 0.1) is 19.4 Å². The van der Waals surface area contributed by atoms with Crippen molar-refractivity contribution in [3.63, 3.8) is 0 Å². The van der Waals surface area contributed by atoms with E-state index in [0.29, 0.717) is 12.3 Å². The van der Waals surface area contributed by atoms with Crippen molar-refractivity contribution in [2.75, 3.05) is 27.7 Å². The lowest BCUT2D eigenvalue weighted by Gasteiger charge is -2.25. The van der Waals surface area contributed by atoms with Crippen LogP contribution in [-0.2, 0) is 0 Å². The van der Waals surface area contributed by atoms with Gasteiger partial charge >= 0.3 is 0 Å². The highest BCUT2D eigenvalue weighted by molar-refractivity contribution is 5.92. The molecule has 0 saturated carbocycles. The summed E-state index contributed by atoms with van der Waals surface area (Å²) in [5.41, 5.74) is 1.95. The predicted octanol–water partition coefficient (Wildman–Crippen LogP) is 2.63. The highest BCUT2D eigenvalue weighted by atomic mass is 16.5. The van der Waals surface area contributed by atoms with Gasteiger partial charge in [0.1, 0.15) is 5.75 Å². The van der Waals surface area contributed by atoms with Gasteiger partial charge < -0.3 is 19.4 Å². The molecule has 2 rings (SSSR count). The van der Waals surface area contributed by atoms with Crippen LogP contribution in [0.4, 0.5) is 0 Å². The summed E-state index contributed by atoms with van der Waals surface area (Å²) in [5, 5.41) is 2.93. The summed E-state index contributed by atoms with van der Waals surface area (Å²) in [7, 11) is 5.61. The molecule has 0 aliphatic carbocycles. The second kappa shape index (κ2) is 7.13. The van der Waals surface area contributed by atoms with Gasteiger partial charge in [-0.3, -0.25) is 4.79 Å². The molecule has 1 N–H and O–H groups in total. The van der Waals surface area contributed by atoms with Gasteiger partial charge in [-0.1, -0.05) is 12.1 Å². The molecule has 0 fully saturated rings. The quantitative estimate of drug-likeness (QED) is 0.891. The molecule has 5 heteroatoms. The number of nitrogens with zero attached hydrogens (tertiary/aromatic N) is 1. The van der Waals surface area contributed by atoms with Crippen molar-refractivity contribution >= 4 is 5.91 Å². The number of amides is 1. The fourth-order valence-electron chi connectivity index (χ4n) is 2.30. The fraction of sp³-hybridized carbons (Fsp3) is 0.353. The second-order valence-electron chi connectivity index (χ2n) is 5.40. The highest BCUT2D eigenvalue weighted by Crippen LogP contribution is 2.21. The summed E-state index contributed by atoms with van der Waals surface area (Å²) in [6.45, 7) is 2.35. The number of hydrogen-bond donors (Lipinski definition) is 1. The summed E-state index contributed by atoms with van der Waals surface area (Å²) in [6.07, 6.45) is 1.52. The van der Waals surface area contributed by atoms with E-state index in [0.717, 1.165) is 16.9 Å². The number of furan rings is 1. The maximum Gasteiger partial charge on any atom is 0.287 e. The third kappa shape index (κ3) is 3.68. The first-order valence-electron chi connectivity index (χ1n) is 7.15. The van der Waals surface area contributed by atoms with Gasteiger partial charge in [-0.05, 0) is 44.8 Å². The minimum Gasteiger partial charge on any atom is -0.497 e. The Bertz CT molecular complexity index is 617. The molecule has 0 aliphatic heterocycles. The van der Waals surface area contributed by atoms with E-state index in [1.807, 2.05) is 45.3 Å². The van der Waals surface area contributed by atoms with Gasteiger partial charge in [0.15, 0.2) is 5.76 Å². The molecule has 118 valence electrons. The smallest absolute Gasteiger partial charge is 0.287 e. The fourth-order valence-corrected chi connectivity index (χ4v) is 2.30. The third-order valence-corrected chi connectivity index (χ3v) is 3.65. The number of carbonyl (C=O) groups excluding carboxylic acids is 1. The molecule has 1 heterocycles. The van der Waals surface area contributed by atoms with Crippen molar-refractivity contribution in [3.05, 3.63) is 53.5 Å². The largest absolute Gasteiger partial charge is 0.497 e. The minimum absolute atomic E-state index is 0.0742. The van der Waals surface area contributed by atoms with E-state index in [4.69, 9.17) is 9.15 Å². The number of rotatable bonds is 6. The third-order valence-electron chi connectivity index (χ3n) is 3.65. The van der Waals surface area contributed by atoms with Crippen LogP contribution in [0, 0.1) is 6.92 Å². The molecule has 1 unspecified atom stereocenters. The standard InChI is InChI=1S/C17H22N2O3/c1-12-9-10-22-16(12)17(20)18-11-15(19(2)3)13-5-7-14(21-4)8-6-13/h5-10,15H,11H2,1-4H3,(H,18,20). The van der Waals surface area contributed by atoms with Crippen LogP contribution in [0.15, 0.2) is 41.0 Å². The zero-order chi connectivity index (χ0) is 16.1. The number of aryl methyl sites for hydroxylation is 1. The SMILES string of the molecule is COc1ccc(C(CNC(=O)c2occc2C)N(C)C)cc1. The minimum atomic E-state index is -0.192. The van der Waals surface area contributed by atoms with E-state index in [9.17, 15) is 4.79 Å². The number of carbonyl (C=O) groups is 1. The highest BCUT2D eigenvalue weighted by Gasteiger charge is 2.18. The van der Waals surface area contributed by atoms with E-state index in [-0.39, 0.29) is 11.9 Å². The Morgan fingerprint density at radius 3 is 2.45 bits per heavy atom.